The minimum absolute atomic E-state index is 0.792. The summed E-state index contributed by atoms with van der Waals surface area (Å²) in [4.78, 5) is 5.48. The quantitative estimate of drug-likeness (QED) is 0.635. The molecule has 3 rings (SSSR count). The molecule has 3 aromatic rings. The summed E-state index contributed by atoms with van der Waals surface area (Å²) in [5.74, 6) is 0. The Labute approximate surface area is 88.4 Å². The van der Waals surface area contributed by atoms with Crippen molar-refractivity contribution in [2.24, 2.45) is 0 Å². The van der Waals surface area contributed by atoms with Crippen molar-refractivity contribution in [3.05, 3.63) is 17.8 Å². The number of nitrogen functional groups attached to an aromatic ring is 1. The molecule has 5 heteroatoms. The van der Waals surface area contributed by atoms with Gasteiger partial charge in [-0.1, -0.05) is 0 Å². The van der Waals surface area contributed by atoms with Gasteiger partial charge in [0.15, 0.2) is 0 Å². The van der Waals surface area contributed by atoms with Crippen molar-refractivity contribution in [3.8, 4) is 0 Å². The molecular formula is C9H7N3S2. The first-order valence-electron chi connectivity index (χ1n) is 4.17. The van der Waals surface area contributed by atoms with Crippen molar-refractivity contribution in [1.29, 1.82) is 0 Å². The Balaban J connectivity index is 2.56. The molecule has 0 saturated heterocycles. The molecule has 70 valence electrons. The van der Waals surface area contributed by atoms with Crippen LogP contribution in [0.25, 0.3) is 20.4 Å². The number of nitrogens with two attached hydrogens (primary N) is 1. The van der Waals surface area contributed by atoms with Gasteiger partial charge in [0.05, 0.1) is 4.70 Å². The minimum Gasteiger partial charge on any atom is -0.388 e. The van der Waals surface area contributed by atoms with Crippen molar-refractivity contribution >= 4 is 48.3 Å². The van der Waals surface area contributed by atoms with Crippen LogP contribution < -0.4 is 5.73 Å². The molecule has 0 bridgehead atoms. The molecule has 0 aliphatic carbocycles. The van der Waals surface area contributed by atoms with Crippen LogP contribution >= 0.6 is 22.9 Å². The Morgan fingerprint density at radius 3 is 3.07 bits per heavy atom. The predicted octanol–water partition coefficient (Wildman–Crippen LogP) is 2.80. The molecule has 0 fully saturated rings. The normalized spacial score (nSPS) is 11.5. The summed E-state index contributed by atoms with van der Waals surface area (Å²) < 4.78 is 5.40. The summed E-state index contributed by atoms with van der Waals surface area (Å²) in [7, 11) is 0. The maximum atomic E-state index is 5.82. The largest absolute Gasteiger partial charge is 0.388 e. The number of pyridine rings is 1. The predicted molar refractivity (Wildman–Crippen MR) is 61.9 cm³/mol. The monoisotopic (exact) mass is 221 g/mol. The van der Waals surface area contributed by atoms with Crippen molar-refractivity contribution in [1.82, 2.24) is 9.36 Å². The van der Waals surface area contributed by atoms with Crippen LogP contribution in [0.15, 0.2) is 12.1 Å². The summed E-state index contributed by atoms with van der Waals surface area (Å²) in [5.41, 5.74) is 7.85. The summed E-state index contributed by atoms with van der Waals surface area (Å²) in [6, 6.07) is 4.07. The highest BCUT2D eigenvalue weighted by Gasteiger charge is 2.11. The number of anilines is 1. The van der Waals surface area contributed by atoms with Gasteiger partial charge in [-0.2, -0.15) is 4.37 Å². The molecular weight excluding hydrogens is 214 g/mol. The first-order valence-corrected chi connectivity index (χ1v) is 5.76. The zero-order chi connectivity index (χ0) is 9.71. The molecule has 2 N–H and O–H groups in total. The van der Waals surface area contributed by atoms with Crippen LogP contribution in [0.5, 0.6) is 0 Å². The lowest BCUT2D eigenvalue weighted by Crippen LogP contribution is -1.77. The van der Waals surface area contributed by atoms with Gasteiger partial charge >= 0.3 is 0 Å². The van der Waals surface area contributed by atoms with Crippen LogP contribution in [0, 0.1) is 6.92 Å². The van der Waals surface area contributed by atoms with Crippen LogP contribution in [-0.2, 0) is 0 Å². The average molecular weight is 221 g/mol. The summed E-state index contributed by atoms with van der Waals surface area (Å²) in [6.45, 7) is 1.99. The number of hydrogen-bond acceptors (Lipinski definition) is 5. The molecule has 0 amide bonds. The summed E-state index contributed by atoms with van der Waals surface area (Å²) >= 11 is 2.97. The highest BCUT2D eigenvalue weighted by Crippen LogP contribution is 2.37. The second-order valence-electron chi connectivity index (χ2n) is 3.13. The van der Waals surface area contributed by atoms with E-state index < -0.39 is 0 Å². The lowest BCUT2D eigenvalue weighted by molar-refractivity contribution is 1.27. The molecule has 14 heavy (non-hydrogen) atoms. The molecule has 0 saturated carbocycles. The van der Waals surface area contributed by atoms with Gasteiger partial charge in [0, 0.05) is 11.1 Å². The van der Waals surface area contributed by atoms with E-state index in [1.54, 1.807) is 11.3 Å². The van der Waals surface area contributed by atoms with E-state index in [4.69, 9.17) is 5.73 Å². The fourth-order valence-corrected chi connectivity index (χ4v) is 3.32. The Morgan fingerprint density at radius 1 is 1.36 bits per heavy atom. The first-order chi connectivity index (χ1) is 6.75. The first kappa shape index (κ1) is 8.14. The second kappa shape index (κ2) is 2.65. The van der Waals surface area contributed by atoms with Crippen molar-refractivity contribution in [2.75, 3.05) is 5.73 Å². The molecule has 0 aliphatic heterocycles. The molecule has 0 atom stereocenters. The lowest BCUT2D eigenvalue weighted by atomic mass is 10.3. The summed E-state index contributed by atoms with van der Waals surface area (Å²) in [6.07, 6.45) is 0. The van der Waals surface area contributed by atoms with Crippen LogP contribution in [0.3, 0.4) is 0 Å². The van der Waals surface area contributed by atoms with Crippen LogP contribution in [0.4, 0.5) is 5.00 Å². The Bertz CT molecular complexity index is 623. The van der Waals surface area contributed by atoms with Crippen LogP contribution in [-0.4, -0.2) is 9.36 Å². The Hall–Kier alpha value is -1.20. The smallest absolute Gasteiger partial charge is 0.126 e. The third kappa shape index (κ3) is 0.964. The molecule has 0 aromatic carbocycles. The van der Waals surface area contributed by atoms with E-state index in [0.717, 1.165) is 31.1 Å². The minimum atomic E-state index is 0.792. The van der Waals surface area contributed by atoms with Gasteiger partial charge in [-0.15, -0.1) is 11.3 Å². The number of thiophene rings is 1. The van der Waals surface area contributed by atoms with Crippen molar-refractivity contribution in [2.45, 2.75) is 6.92 Å². The van der Waals surface area contributed by atoms with Crippen molar-refractivity contribution in [3.63, 3.8) is 0 Å². The third-order valence-electron chi connectivity index (χ3n) is 2.13. The van der Waals surface area contributed by atoms with E-state index >= 15 is 0 Å². The highest BCUT2D eigenvalue weighted by molar-refractivity contribution is 7.29. The SMILES string of the molecule is Cc1ccc2c(n1)sc1c(N)snc12. The lowest BCUT2D eigenvalue weighted by Gasteiger charge is -1.90. The van der Waals surface area contributed by atoms with Gasteiger partial charge in [-0.25, -0.2) is 4.98 Å². The molecule has 0 radical (unpaired) electrons. The molecule has 3 aromatic heterocycles. The highest BCUT2D eigenvalue weighted by atomic mass is 32.1. The Morgan fingerprint density at radius 2 is 2.21 bits per heavy atom. The van der Waals surface area contributed by atoms with Crippen molar-refractivity contribution < 1.29 is 0 Å². The number of rotatable bonds is 0. The number of hydrogen-bond donors (Lipinski definition) is 1. The van der Waals surface area contributed by atoms with Gasteiger partial charge in [0.25, 0.3) is 0 Å². The maximum Gasteiger partial charge on any atom is 0.126 e. The van der Waals surface area contributed by atoms with E-state index in [-0.39, 0.29) is 0 Å². The topological polar surface area (TPSA) is 51.8 Å². The van der Waals surface area contributed by atoms with Gasteiger partial charge in [-0.05, 0) is 30.6 Å². The van der Waals surface area contributed by atoms with E-state index in [1.165, 1.54) is 11.5 Å². The van der Waals surface area contributed by atoms with Gasteiger partial charge in [0.2, 0.25) is 0 Å². The fourth-order valence-electron chi connectivity index (χ4n) is 1.45. The van der Waals surface area contributed by atoms with Crippen LogP contribution in [0.2, 0.25) is 0 Å². The number of fused-ring (bicyclic) bond motifs is 3. The second-order valence-corrected chi connectivity index (χ2v) is 4.94. The summed E-state index contributed by atoms with van der Waals surface area (Å²) in [5, 5.41) is 1.91. The molecule has 0 spiro atoms. The Kier molecular flexibility index (Phi) is 1.54. The van der Waals surface area contributed by atoms with E-state index in [9.17, 15) is 0 Å². The van der Waals surface area contributed by atoms with Gasteiger partial charge in [-0.3, -0.25) is 0 Å². The van der Waals surface area contributed by atoms with Gasteiger partial charge < -0.3 is 5.73 Å². The third-order valence-corrected chi connectivity index (χ3v) is 4.05. The number of nitrogens with zero attached hydrogens (tertiary/aromatic N) is 2. The zero-order valence-corrected chi connectivity index (χ0v) is 9.08. The zero-order valence-electron chi connectivity index (χ0n) is 7.44. The fraction of sp³-hybridized carbons (Fsp3) is 0.111. The maximum absolute atomic E-state index is 5.82. The molecule has 0 unspecified atom stereocenters. The number of aromatic nitrogens is 2. The average Bonchev–Trinajstić information content (AvgIpc) is 2.66. The van der Waals surface area contributed by atoms with E-state index in [0.29, 0.717) is 0 Å². The molecule has 0 aliphatic rings. The van der Waals surface area contributed by atoms with Gasteiger partial charge in [0.1, 0.15) is 15.3 Å². The molecule has 3 heterocycles. The molecule has 3 nitrogen and oxygen atoms in total. The van der Waals surface area contributed by atoms with E-state index in [2.05, 4.69) is 15.4 Å². The number of aryl methyl sites for hydroxylation is 1. The van der Waals surface area contributed by atoms with E-state index in [1.807, 2.05) is 13.0 Å². The van der Waals surface area contributed by atoms with Crippen LogP contribution in [0.1, 0.15) is 5.69 Å². The standard InChI is InChI=1S/C9H7N3S2/c1-4-2-3-5-6-7(8(10)14-12-6)13-9(5)11-4/h2-3H,10H2,1H3.